The number of hydrogen-bond acceptors (Lipinski definition) is 5. The van der Waals surface area contributed by atoms with Gasteiger partial charge in [0, 0.05) is 55.4 Å². The van der Waals surface area contributed by atoms with E-state index in [0.29, 0.717) is 59.9 Å². The predicted molar refractivity (Wildman–Crippen MR) is 169 cm³/mol. The van der Waals surface area contributed by atoms with Gasteiger partial charge in [0.05, 0.1) is 18.8 Å². The summed E-state index contributed by atoms with van der Waals surface area (Å²) < 4.78 is 36.8. The smallest absolute Gasteiger partial charge is 0.320 e. The van der Waals surface area contributed by atoms with E-state index in [4.69, 9.17) is 4.74 Å². The van der Waals surface area contributed by atoms with E-state index in [2.05, 4.69) is 9.97 Å². The number of fused-ring (bicyclic) bond motifs is 1. The zero-order valence-corrected chi connectivity index (χ0v) is 25.4. The molecule has 2 aliphatic carbocycles. The highest BCUT2D eigenvalue weighted by Gasteiger charge is 2.40. The molecule has 0 bridgehead atoms. The monoisotopic (exact) mass is 627 g/mol. The Labute approximate surface area is 264 Å². The number of H-pyrrole nitrogens is 1. The lowest BCUT2D eigenvalue weighted by Gasteiger charge is -2.37. The molecule has 2 N–H and O–H groups in total. The number of anilines is 1. The summed E-state index contributed by atoms with van der Waals surface area (Å²) in [5.41, 5.74) is 3.98. The number of likely N-dealkylation sites (tertiary alicyclic amines) is 1. The fourth-order valence-corrected chi connectivity index (χ4v) is 7.19. The molecule has 11 heteroatoms. The molecule has 238 valence electrons. The minimum absolute atomic E-state index is 0.0170. The van der Waals surface area contributed by atoms with Gasteiger partial charge < -0.3 is 29.5 Å². The van der Waals surface area contributed by atoms with Crippen LogP contribution in [0.2, 0.25) is 0 Å². The van der Waals surface area contributed by atoms with Crippen molar-refractivity contribution in [3.63, 3.8) is 0 Å². The number of benzene rings is 1. The summed E-state index contributed by atoms with van der Waals surface area (Å²) >= 11 is 0. The zero-order chi connectivity index (χ0) is 31.5. The van der Waals surface area contributed by atoms with Crippen LogP contribution >= 0.6 is 0 Å². The molecule has 5 heterocycles. The molecular weight excluding hydrogens is 592 g/mol. The molecule has 9 nitrogen and oxygen atoms in total. The van der Waals surface area contributed by atoms with E-state index in [9.17, 15) is 14.7 Å². The van der Waals surface area contributed by atoms with Crippen molar-refractivity contribution < 1.29 is 28.2 Å². The van der Waals surface area contributed by atoms with Gasteiger partial charge in [-0.1, -0.05) is 6.08 Å². The van der Waals surface area contributed by atoms with Crippen LogP contribution in [0, 0.1) is 17.7 Å². The molecule has 3 amide bonds. The number of pyridine rings is 1. The average molecular weight is 628 g/mol. The number of halogens is 2. The Balaban J connectivity index is 1.13. The largest absolute Gasteiger partial charge is 0.495 e. The number of nitrogens with one attached hydrogen (secondary N) is 1. The van der Waals surface area contributed by atoms with Crippen molar-refractivity contribution in [3.05, 3.63) is 76.8 Å². The maximum absolute atomic E-state index is 15.4. The Morgan fingerprint density at radius 1 is 1.09 bits per heavy atom. The summed E-state index contributed by atoms with van der Waals surface area (Å²) in [6.07, 6.45) is 9.49. The molecule has 1 saturated heterocycles. The lowest BCUT2D eigenvalue weighted by atomic mass is 9.89. The Kier molecular flexibility index (Phi) is 7.16. The number of aliphatic hydroxyl groups excluding tert-OH is 1. The van der Waals surface area contributed by atoms with Gasteiger partial charge in [-0.25, -0.2) is 18.6 Å². The molecule has 0 spiro atoms. The second-order valence-electron chi connectivity index (χ2n) is 12.8. The van der Waals surface area contributed by atoms with Crippen molar-refractivity contribution >= 4 is 34.2 Å². The fraction of sp³-hybridized carbons (Fsp3) is 0.400. The van der Waals surface area contributed by atoms with Gasteiger partial charge in [0.1, 0.15) is 35.2 Å². The van der Waals surface area contributed by atoms with Crippen LogP contribution in [-0.2, 0) is 16.1 Å². The van der Waals surface area contributed by atoms with Gasteiger partial charge >= 0.3 is 6.03 Å². The summed E-state index contributed by atoms with van der Waals surface area (Å²) in [5, 5.41) is 11.4. The molecule has 0 radical (unpaired) electrons. The third-order valence-corrected chi connectivity index (χ3v) is 9.99. The molecule has 3 aromatic rings. The highest BCUT2D eigenvalue weighted by Crippen LogP contribution is 2.46. The Hall–Kier alpha value is -4.51. The Morgan fingerprint density at radius 3 is 2.65 bits per heavy atom. The topological polar surface area (TPSA) is 102 Å². The number of nitrogens with zero attached hydrogens (tertiary/aromatic N) is 4. The molecule has 2 fully saturated rings. The second-order valence-corrected chi connectivity index (χ2v) is 12.8. The summed E-state index contributed by atoms with van der Waals surface area (Å²) in [6.45, 7) is 2.49. The first-order valence-corrected chi connectivity index (χ1v) is 16.1. The van der Waals surface area contributed by atoms with Crippen molar-refractivity contribution in [1.82, 2.24) is 19.8 Å². The van der Waals surface area contributed by atoms with Crippen molar-refractivity contribution in [2.75, 3.05) is 44.2 Å². The number of carbonyl (C=O) groups is 2. The van der Waals surface area contributed by atoms with E-state index in [-0.39, 0.29) is 36.4 Å². The maximum atomic E-state index is 15.4. The quantitative estimate of drug-likeness (QED) is 0.379. The first-order valence-electron chi connectivity index (χ1n) is 16.1. The number of rotatable bonds is 5. The Bertz CT molecular complexity index is 1850. The van der Waals surface area contributed by atoms with Crippen molar-refractivity contribution in [3.8, 4) is 11.1 Å². The minimum Gasteiger partial charge on any atom is -0.495 e. The number of allylic oxidation sites excluding steroid dienone is 2. The van der Waals surface area contributed by atoms with Crippen molar-refractivity contribution in [2.24, 2.45) is 11.8 Å². The number of aromatic nitrogens is 2. The van der Waals surface area contributed by atoms with Gasteiger partial charge in [0.15, 0.2) is 0 Å². The second kappa shape index (κ2) is 11.4. The van der Waals surface area contributed by atoms with Gasteiger partial charge in [-0.15, -0.1) is 0 Å². The number of hydrogen-bond donors (Lipinski definition) is 2. The molecule has 1 atom stereocenters. The number of amides is 3. The third-order valence-electron chi connectivity index (χ3n) is 9.99. The minimum atomic E-state index is -0.601. The van der Waals surface area contributed by atoms with Crippen LogP contribution in [0.5, 0.6) is 0 Å². The van der Waals surface area contributed by atoms with Crippen molar-refractivity contribution in [2.45, 2.75) is 38.7 Å². The molecule has 8 rings (SSSR count). The molecule has 2 aromatic heterocycles. The maximum Gasteiger partial charge on any atom is 0.320 e. The highest BCUT2D eigenvalue weighted by molar-refractivity contribution is 6.10. The average Bonchev–Trinajstić information content (AvgIpc) is 3.81. The first kappa shape index (κ1) is 28.9. The predicted octanol–water partition coefficient (Wildman–Crippen LogP) is 5.68. The molecule has 5 aliphatic rings. The van der Waals surface area contributed by atoms with Crippen LogP contribution in [0.25, 0.3) is 27.7 Å². The SMILES string of the molecule is O=C(N1CC=C(c2cc3c(-c4cc(F)cc(N5CCOC6=C(C5=O)C(F)=C[C@H](C5CC5)C6)c4CO)ccnc3[nH]2)CC1)N1CCC1. The number of aliphatic hydroxyl groups is 1. The standard InChI is InChI=1S/C35H35F2N5O4/c36-23-16-25(24-4-7-38-33-26(24)18-29(39-33)21-5-10-41(11-6-21)35(45)40-8-1-9-40)27(19-43)30(17-23)42-12-13-46-31-15-22(20-2-3-20)14-28(37)32(31)34(42)44/h4-5,7,14,16-18,20,22,43H,1-3,6,8-13,15,19H2,(H,38,39)/t22-/m0/s1. The highest BCUT2D eigenvalue weighted by atomic mass is 19.1. The van der Waals surface area contributed by atoms with Crippen LogP contribution < -0.4 is 4.90 Å². The molecule has 1 saturated carbocycles. The molecule has 1 aromatic carbocycles. The van der Waals surface area contributed by atoms with E-state index in [1.165, 1.54) is 23.1 Å². The van der Waals surface area contributed by atoms with Crippen molar-refractivity contribution in [1.29, 1.82) is 0 Å². The van der Waals surface area contributed by atoms with E-state index in [1.54, 1.807) is 12.3 Å². The van der Waals surface area contributed by atoms with Gasteiger partial charge in [0.2, 0.25) is 0 Å². The van der Waals surface area contributed by atoms with E-state index >= 15 is 8.78 Å². The van der Waals surface area contributed by atoms with Gasteiger partial charge in [-0.05, 0) is 84.6 Å². The molecular formula is C35H35F2N5O4. The van der Waals surface area contributed by atoms with Crippen LogP contribution in [0.1, 0.15) is 43.4 Å². The number of urea groups is 1. The summed E-state index contributed by atoms with van der Waals surface area (Å²) in [4.78, 5) is 39.5. The van der Waals surface area contributed by atoms with Gasteiger partial charge in [-0.3, -0.25) is 4.79 Å². The van der Waals surface area contributed by atoms with E-state index in [1.807, 2.05) is 21.9 Å². The number of aromatic amines is 1. The van der Waals surface area contributed by atoms with Gasteiger partial charge in [0.25, 0.3) is 5.91 Å². The number of carbonyl (C=O) groups excluding carboxylic acids is 2. The Morgan fingerprint density at radius 2 is 1.93 bits per heavy atom. The number of ether oxygens (including phenoxy) is 1. The van der Waals surface area contributed by atoms with Crippen LogP contribution in [0.3, 0.4) is 0 Å². The molecule has 46 heavy (non-hydrogen) atoms. The van der Waals surface area contributed by atoms with Crippen LogP contribution in [0.15, 0.2) is 59.8 Å². The van der Waals surface area contributed by atoms with Crippen LogP contribution in [-0.4, -0.2) is 76.1 Å². The van der Waals surface area contributed by atoms with E-state index in [0.717, 1.165) is 49.0 Å². The summed E-state index contributed by atoms with van der Waals surface area (Å²) in [7, 11) is 0. The third kappa shape index (κ3) is 4.97. The lowest BCUT2D eigenvalue weighted by Crippen LogP contribution is -2.50. The first-order chi connectivity index (χ1) is 22.4. The summed E-state index contributed by atoms with van der Waals surface area (Å²) in [6, 6.07) is 6.36. The molecule has 0 unspecified atom stereocenters. The lowest BCUT2D eigenvalue weighted by molar-refractivity contribution is -0.115. The normalized spacial score (nSPS) is 21.8. The zero-order valence-electron chi connectivity index (χ0n) is 25.4. The van der Waals surface area contributed by atoms with Gasteiger partial charge in [-0.2, -0.15) is 0 Å². The summed E-state index contributed by atoms with van der Waals surface area (Å²) in [5.74, 6) is -1.00. The fourth-order valence-electron chi connectivity index (χ4n) is 7.19. The molecule has 3 aliphatic heterocycles. The van der Waals surface area contributed by atoms with E-state index < -0.39 is 24.2 Å². The van der Waals surface area contributed by atoms with Crippen LogP contribution in [0.4, 0.5) is 19.3 Å².